The molecule has 1 N–H and O–H groups in total. The Kier molecular flexibility index (Phi) is 5.59. The van der Waals surface area contributed by atoms with E-state index >= 15 is 0 Å². The molecule has 110 valence electrons. The Morgan fingerprint density at radius 2 is 1.85 bits per heavy atom. The largest absolute Gasteiger partial charge is 0.461 e. The SMILES string of the molecule is CCOC(CNCc1c(C)oc2ccccc12)OCC. The van der Waals surface area contributed by atoms with Gasteiger partial charge in [0.05, 0.1) is 0 Å². The van der Waals surface area contributed by atoms with Crippen LogP contribution in [0, 0.1) is 6.92 Å². The quantitative estimate of drug-likeness (QED) is 0.752. The molecule has 0 bridgehead atoms. The molecule has 0 spiro atoms. The van der Waals surface area contributed by atoms with Crippen molar-refractivity contribution in [3.63, 3.8) is 0 Å². The van der Waals surface area contributed by atoms with Crippen molar-refractivity contribution >= 4 is 11.0 Å². The van der Waals surface area contributed by atoms with Crippen LogP contribution in [0.2, 0.25) is 0 Å². The van der Waals surface area contributed by atoms with Crippen molar-refractivity contribution in [1.29, 1.82) is 0 Å². The Balaban J connectivity index is 1.97. The molecule has 0 atom stereocenters. The number of ether oxygens (including phenoxy) is 2. The summed E-state index contributed by atoms with van der Waals surface area (Å²) in [5, 5.41) is 4.55. The summed E-state index contributed by atoms with van der Waals surface area (Å²) in [6.07, 6.45) is -0.191. The van der Waals surface area contributed by atoms with Crippen LogP contribution in [0.4, 0.5) is 0 Å². The highest BCUT2D eigenvalue weighted by Gasteiger charge is 2.12. The number of furan rings is 1. The minimum Gasteiger partial charge on any atom is -0.461 e. The van der Waals surface area contributed by atoms with E-state index in [1.54, 1.807) is 0 Å². The van der Waals surface area contributed by atoms with Crippen molar-refractivity contribution in [2.75, 3.05) is 19.8 Å². The Labute approximate surface area is 120 Å². The van der Waals surface area contributed by atoms with Gasteiger partial charge in [0.15, 0.2) is 6.29 Å². The second-order valence-corrected chi connectivity index (χ2v) is 4.60. The van der Waals surface area contributed by atoms with Gasteiger partial charge in [0.25, 0.3) is 0 Å². The number of hydrogen-bond donors (Lipinski definition) is 1. The van der Waals surface area contributed by atoms with Gasteiger partial charge < -0.3 is 19.2 Å². The minimum absolute atomic E-state index is 0.191. The molecule has 0 radical (unpaired) electrons. The molecule has 1 aromatic heterocycles. The summed E-state index contributed by atoms with van der Waals surface area (Å²) in [7, 11) is 0. The predicted octanol–water partition coefficient (Wildman–Crippen LogP) is 3.23. The van der Waals surface area contributed by atoms with E-state index in [4.69, 9.17) is 13.9 Å². The second-order valence-electron chi connectivity index (χ2n) is 4.60. The van der Waals surface area contributed by atoms with Crippen LogP contribution < -0.4 is 5.32 Å². The van der Waals surface area contributed by atoms with Crippen molar-refractivity contribution in [2.24, 2.45) is 0 Å². The molecular weight excluding hydrogens is 254 g/mol. The number of rotatable bonds is 8. The Morgan fingerprint density at radius 3 is 2.55 bits per heavy atom. The summed E-state index contributed by atoms with van der Waals surface area (Å²) >= 11 is 0. The van der Waals surface area contributed by atoms with E-state index in [2.05, 4.69) is 11.4 Å². The number of benzene rings is 1. The van der Waals surface area contributed by atoms with Crippen molar-refractivity contribution in [3.8, 4) is 0 Å². The van der Waals surface area contributed by atoms with Crippen LogP contribution in [-0.2, 0) is 16.0 Å². The topological polar surface area (TPSA) is 43.6 Å². The van der Waals surface area contributed by atoms with Crippen molar-refractivity contribution in [1.82, 2.24) is 5.32 Å². The molecule has 0 aliphatic carbocycles. The normalized spacial score (nSPS) is 11.6. The van der Waals surface area contributed by atoms with Gasteiger partial charge in [-0.15, -0.1) is 0 Å². The number of hydrogen-bond acceptors (Lipinski definition) is 4. The number of fused-ring (bicyclic) bond motifs is 1. The van der Waals surface area contributed by atoms with Crippen LogP contribution >= 0.6 is 0 Å². The highest BCUT2D eigenvalue weighted by molar-refractivity contribution is 5.82. The fourth-order valence-corrected chi connectivity index (χ4v) is 2.29. The standard InChI is InChI=1S/C16H23NO3/c1-4-18-16(19-5-2)11-17-10-14-12(3)20-15-9-7-6-8-13(14)15/h6-9,16-17H,4-5,10-11H2,1-3H3. The number of aryl methyl sites for hydroxylation is 1. The van der Waals surface area contributed by atoms with Gasteiger partial charge in [-0.1, -0.05) is 18.2 Å². The Hall–Kier alpha value is -1.36. The molecule has 1 heterocycles. The highest BCUT2D eigenvalue weighted by atomic mass is 16.7. The molecule has 0 fully saturated rings. The predicted molar refractivity (Wildman–Crippen MR) is 79.7 cm³/mol. The van der Waals surface area contributed by atoms with Gasteiger partial charge in [0, 0.05) is 37.3 Å². The molecule has 4 heteroatoms. The fourth-order valence-electron chi connectivity index (χ4n) is 2.29. The first-order valence-electron chi connectivity index (χ1n) is 7.17. The van der Waals surface area contributed by atoms with Crippen LogP contribution in [0.15, 0.2) is 28.7 Å². The molecule has 2 rings (SSSR count). The zero-order valence-corrected chi connectivity index (χ0v) is 12.4. The van der Waals surface area contributed by atoms with E-state index < -0.39 is 0 Å². The Morgan fingerprint density at radius 1 is 1.15 bits per heavy atom. The lowest BCUT2D eigenvalue weighted by Crippen LogP contribution is -2.31. The first-order chi connectivity index (χ1) is 9.76. The van der Waals surface area contributed by atoms with Crippen LogP contribution in [0.25, 0.3) is 11.0 Å². The number of nitrogens with one attached hydrogen (secondary N) is 1. The average Bonchev–Trinajstić information content (AvgIpc) is 2.76. The second kappa shape index (κ2) is 7.43. The van der Waals surface area contributed by atoms with E-state index in [0.717, 1.165) is 17.9 Å². The molecular formula is C16H23NO3. The maximum atomic E-state index is 5.75. The molecule has 0 amide bonds. The lowest BCUT2D eigenvalue weighted by molar-refractivity contribution is -0.133. The molecule has 2 aromatic rings. The summed E-state index contributed by atoms with van der Waals surface area (Å²) < 4.78 is 16.8. The Bertz CT molecular complexity index is 530. The summed E-state index contributed by atoms with van der Waals surface area (Å²) in [5.74, 6) is 0.961. The van der Waals surface area contributed by atoms with Gasteiger partial charge in [-0.3, -0.25) is 0 Å². The first-order valence-corrected chi connectivity index (χ1v) is 7.17. The summed E-state index contributed by atoms with van der Waals surface area (Å²) in [4.78, 5) is 0. The fraction of sp³-hybridized carbons (Fsp3) is 0.500. The van der Waals surface area contributed by atoms with Crippen molar-refractivity contribution in [3.05, 3.63) is 35.6 Å². The number of para-hydroxylation sites is 1. The van der Waals surface area contributed by atoms with Crippen LogP contribution in [0.5, 0.6) is 0 Å². The summed E-state index contributed by atoms with van der Waals surface area (Å²) in [5.41, 5.74) is 2.14. The third-order valence-electron chi connectivity index (χ3n) is 3.22. The van der Waals surface area contributed by atoms with Gasteiger partial charge in [-0.2, -0.15) is 0 Å². The third-order valence-corrected chi connectivity index (χ3v) is 3.22. The zero-order chi connectivity index (χ0) is 14.4. The highest BCUT2D eigenvalue weighted by Crippen LogP contribution is 2.24. The maximum absolute atomic E-state index is 5.75. The van der Waals surface area contributed by atoms with E-state index in [1.807, 2.05) is 39.0 Å². The maximum Gasteiger partial charge on any atom is 0.169 e. The molecule has 1 aromatic carbocycles. The van der Waals surface area contributed by atoms with Crippen molar-refractivity contribution in [2.45, 2.75) is 33.6 Å². The van der Waals surface area contributed by atoms with Gasteiger partial charge in [0.1, 0.15) is 11.3 Å². The smallest absolute Gasteiger partial charge is 0.169 e. The lowest BCUT2D eigenvalue weighted by atomic mass is 10.1. The molecule has 0 aliphatic heterocycles. The van der Waals surface area contributed by atoms with Crippen LogP contribution in [0.1, 0.15) is 25.2 Å². The first kappa shape index (κ1) is 15.0. The molecule has 20 heavy (non-hydrogen) atoms. The van der Waals surface area contributed by atoms with Gasteiger partial charge >= 0.3 is 0 Å². The monoisotopic (exact) mass is 277 g/mol. The lowest BCUT2D eigenvalue weighted by Gasteiger charge is -2.17. The minimum atomic E-state index is -0.191. The van der Waals surface area contributed by atoms with E-state index in [-0.39, 0.29) is 6.29 Å². The van der Waals surface area contributed by atoms with Crippen LogP contribution in [0.3, 0.4) is 0 Å². The van der Waals surface area contributed by atoms with Gasteiger partial charge in [-0.05, 0) is 26.8 Å². The van der Waals surface area contributed by atoms with E-state index in [1.165, 1.54) is 10.9 Å². The van der Waals surface area contributed by atoms with Crippen LogP contribution in [-0.4, -0.2) is 26.0 Å². The van der Waals surface area contributed by atoms with E-state index in [9.17, 15) is 0 Å². The summed E-state index contributed by atoms with van der Waals surface area (Å²) in [6, 6.07) is 8.10. The van der Waals surface area contributed by atoms with E-state index in [0.29, 0.717) is 19.8 Å². The van der Waals surface area contributed by atoms with Gasteiger partial charge in [-0.25, -0.2) is 0 Å². The zero-order valence-electron chi connectivity index (χ0n) is 12.4. The average molecular weight is 277 g/mol. The molecule has 0 unspecified atom stereocenters. The molecule has 0 saturated carbocycles. The van der Waals surface area contributed by atoms with Gasteiger partial charge in [0.2, 0.25) is 0 Å². The molecule has 4 nitrogen and oxygen atoms in total. The summed E-state index contributed by atoms with van der Waals surface area (Å²) in [6.45, 7) is 8.67. The molecule has 0 saturated heterocycles. The third kappa shape index (κ3) is 3.60. The molecule has 0 aliphatic rings. The van der Waals surface area contributed by atoms with Crippen molar-refractivity contribution < 1.29 is 13.9 Å².